The molecule has 6 heteroatoms. The number of aromatic hydroxyl groups is 1. The number of ether oxygens (including phenoxy) is 1. The number of hydrogen-bond donors (Lipinski definition) is 3. The van der Waals surface area contributed by atoms with Crippen LogP contribution >= 0.6 is 0 Å². The quantitative estimate of drug-likeness (QED) is 0.789. The normalized spacial score (nSPS) is 22.0. The average Bonchev–Trinajstić information content (AvgIpc) is 2.87. The lowest BCUT2D eigenvalue weighted by Gasteiger charge is -2.20. The van der Waals surface area contributed by atoms with Crippen LogP contribution in [0.5, 0.6) is 11.5 Å². The molecule has 0 bridgehead atoms. The van der Waals surface area contributed by atoms with Crippen LogP contribution in [0.25, 0.3) is 0 Å². The van der Waals surface area contributed by atoms with Crippen LogP contribution in [0.2, 0.25) is 0 Å². The van der Waals surface area contributed by atoms with Crippen LogP contribution in [0.3, 0.4) is 0 Å². The molecule has 1 aliphatic rings. The van der Waals surface area contributed by atoms with Gasteiger partial charge in [0.1, 0.15) is 5.82 Å². The molecule has 0 saturated carbocycles. The van der Waals surface area contributed by atoms with E-state index < -0.39 is 17.7 Å². The molecular formula is C14H18FNO4. The van der Waals surface area contributed by atoms with Gasteiger partial charge in [0.25, 0.3) is 0 Å². The smallest absolute Gasteiger partial charge is 0.307 e. The third kappa shape index (κ3) is 2.20. The molecule has 1 saturated heterocycles. The summed E-state index contributed by atoms with van der Waals surface area (Å²) in [6.07, 6.45) is 0.315. The number of methoxy groups -OCH3 is 1. The van der Waals surface area contributed by atoms with Crippen LogP contribution < -0.4 is 10.1 Å². The molecule has 0 radical (unpaired) electrons. The Morgan fingerprint density at radius 3 is 2.55 bits per heavy atom. The number of benzene rings is 1. The van der Waals surface area contributed by atoms with Gasteiger partial charge in [0.05, 0.1) is 13.0 Å². The van der Waals surface area contributed by atoms with Crippen LogP contribution in [-0.4, -0.2) is 29.8 Å². The molecule has 2 atom stereocenters. The van der Waals surface area contributed by atoms with Crippen molar-refractivity contribution in [3.8, 4) is 11.5 Å². The van der Waals surface area contributed by atoms with Gasteiger partial charge in [0.15, 0.2) is 11.5 Å². The van der Waals surface area contributed by atoms with E-state index in [1.165, 1.54) is 14.0 Å². The first kappa shape index (κ1) is 14.6. The van der Waals surface area contributed by atoms with E-state index in [1.807, 2.05) is 0 Å². The van der Waals surface area contributed by atoms with Gasteiger partial charge in [0.2, 0.25) is 0 Å². The van der Waals surface area contributed by atoms with Crippen molar-refractivity contribution < 1.29 is 24.1 Å². The zero-order chi connectivity index (χ0) is 15.0. The van der Waals surface area contributed by atoms with Crippen LogP contribution in [-0.2, 0) is 4.79 Å². The molecule has 5 nitrogen and oxygen atoms in total. The molecule has 0 aromatic heterocycles. The van der Waals surface area contributed by atoms with E-state index in [-0.39, 0.29) is 23.1 Å². The van der Waals surface area contributed by atoms with Crippen molar-refractivity contribution >= 4 is 5.97 Å². The highest BCUT2D eigenvalue weighted by atomic mass is 19.1. The van der Waals surface area contributed by atoms with Crippen molar-refractivity contribution in [1.29, 1.82) is 0 Å². The second-order valence-electron chi connectivity index (χ2n) is 5.09. The number of carbonyl (C=O) groups is 1. The van der Waals surface area contributed by atoms with Gasteiger partial charge < -0.3 is 20.3 Å². The van der Waals surface area contributed by atoms with E-state index in [2.05, 4.69) is 5.32 Å². The van der Waals surface area contributed by atoms with Crippen LogP contribution in [0.1, 0.15) is 29.2 Å². The van der Waals surface area contributed by atoms with E-state index in [1.54, 1.807) is 6.92 Å². The summed E-state index contributed by atoms with van der Waals surface area (Å²) in [5.41, 5.74) is 0.956. The predicted molar refractivity (Wildman–Crippen MR) is 70.6 cm³/mol. The first-order valence-corrected chi connectivity index (χ1v) is 6.40. The molecule has 1 aromatic rings. The number of halogens is 1. The lowest BCUT2D eigenvalue weighted by molar-refractivity contribution is -0.141. The number of carboxylic acids is 1. The Morgan fingerprint density at radius 1 is 1.40 bits per heavy atom. The minimum Gasteiger partial charge on any atom is -0.504 e. The predicted octanol–water partition coefficient (Wildman–Crippen LogP) is 1.89. The van der Waals surface area contributed by atoms with E-state index in [4.69, 9.17) is 9.84 Å². The summed E-state index contributed by atoms with van der Waals surface area (Å²) in [6.45, 7) is 3.41. The Hall–Kier alpha value is -1.82. The molecule has 1 aromatic carbocycles. The SMILES string of the molecule is COc1c(C)c(F)c(C)c(C2CC(C(=O)O)CN2)c1O. The van der Waals surface area contributed by atoms with Crippen molar-refractivity contribution in [3.05, 3.63) is 22.5 Å². The Morgan fingerprint density at radius 2 is 2.05 bits per heavy atom. The summed E-state index contributed by atoms with van der Waals surface area (Å²) in [7, 11) is 1.36. The van der Waals surface area contributed by atoms with Crippen molar-refractivity contribution in [1.82, 2.24) is 5.32 Å². The molecule has 2 unspecified atom stereocenters. The Balaban J connectivity index is 2.47. The number of phenolic OH excluding ortho intramolecular Hbond substituents is 1. The average molecular weight is 283 g/mol. The van der Waals surface area contributed by atoms with Gasteiger partial charge >= 0.3 is 5.97 Å². The molecule has 3 N–H and O–H groups in total. The number of phenols is 1. The Kier molecular flexibility index (Phi) is 3.85. The second-order valence-corrected chi connectivity index (χ2v) is 5.09. The Bertz CT molecular complexity index is 559. The van der Waals surface area contributed by atoms with Crippen LogP contribution in [0.15, 0.2) is 0 Å². The standard InChI is InChI=1S/C14H18FNO4/c1-6-10(9-4-8(5-16-9)14(18)19)12(17)13(20-3)7(2)11(6)15/h8-9,16-17H,4-5H2,1-3H3,(H,18,19). The molecule has 110 valence electrons. The fourth-order valence-electron chi connectivity index (χ4n) is 2.80. The maximum Gasteiger partial charge on any atom is 0.307 e. The molecule has 1 aliphatic heterocycles. The van der Waals surface area contributed by atoms with Crippen LogP contribution in [0, 0.1) is 25.6 Å². The largest absolute Gasteiger partial charge is 0.504 e. The summed E-state index contributed by atoms with van der Waals surface area (Å²) in [4.78, 5) is 11.0. The first-order valence-electron chi connectivity index (χ1n) is 6.40. The molecule has 0 amide bonds. The maximum atomic E-state index is 14.2. The van der Waals surface area contributed by atoms with Crippen molar-refractivity contribution in [2.24, 2.45) is 5.92 Å². The lowest BCUT2D eigenvalue weighted by atomic mass is 9.93. The first-order chi connectivity index (χ1) is 9.38. The molecule has 0 aliphatic carbocycles. The van der Waals surface area contributed by atoms with Gasteiger partial charge in [-0.1, -0.05) is 0 Å². The summed E-state index contributed by atoms with van der Waals surface area (Å²) < 4.78 is 19.2. The fourth-order valence-corrected chi connectivity index (χ4v) is 2.80. The lowest BCUT2D eigenvalue weighted by Crippen LogP contribution is -2.18. The zero-order valence-electron chi connectivity index (χ0n) is 11.7. The van der Waals surface area contributed by atoms with E-state index in [0.717, 1.165) is 0 Å². The van der Waals surface area contributed by atoms with Gasteiger partial charge in [-0.25, -0.2) is 4.39 Å². The third-order valence-corrected chi connectivity index (χ3v) is 3.91. The molecular weight excluding hydrogens is 265 g/mol. The molecule has 1 heterocycles. The summed E-state index contributed by atoms with van der Waals surface area (Å²) in [6, 6.07) is -0.389. The summed E-state index contributed by atoms with van der Waals surface area (Å²) >= 11 is 0. The number of nitrogens with one attached hydrogen (secondary N) is 1. The molecule has 2 rings (SSSR count). The number of carboxylic acid groups (broad SMARTS) is 1. The van der Waals surface area contributed by atoms with Crippen molar-refractivity contribution in [2.45, 2.75) is 26.3 Å². The van der Waals surface area contributed by atoms with Crippen LogP contribution in [0.4, 0.5) is 4.39 Å². The highest BCUT2D eigenvalue weighted by Crippen LogP contribution is 2.43. The van der Waals surface area contributed by atoms with Gasteiger partial charge in [-0.2, -0.15) is 0 Å². The van der Waals surface area contributed by atoms with Gasteiger partial charge in [0, 0.05) is 23.7 Å². The van der Waals surface area contributed by atoms with E-state index in [0.29, 0.717) is 24.1 Å². The second kappa shape index (κ2) is 5.28. The third-order valence-electron chi connectivity index (χ3n) is 3.91. The highest BCUT2D eigenvalue weighted by Gasteiger charge is 2.34. The minimum atomic E-state index is -0.892. The van der Waals surface area contributed by atoms with Crippen molar-refractivity contribution in [3.63, 3.8) is 0 Å². The molecule has 20 heavy (non-hydrogen) atoms. The van der Waals surface area contributed by atoms with E-state index >= 15 is 0 Å². The van der Waals surface area contributed by atoms with E-state index in [9.17, 15) is 14.3 Å². The molecule has 0 spiro atoms. The summed E-state index contributed by atoms with van der Waals surface area (Å²) in [5, 5.41) is 22.3. The summed E-state index contributed by atoms with van der Waals surface area (Å²) in [5.74, 6) is -1.88. The zero-order valence-corrected chi connectivity index (χ0v) is 11.7. The van der Waals surface area contributed by atoms with Crippen molar-refractivity contribution in [2.75, 3.05) is 13.7 Å². The maximum absolute atomic E-state index is 14.2. The fraction of sp³-hybridized carbons (Fsp3) is 0.500. The monoisotopic (exact) mass is 283 g/mol. The topological polar surface area (TPSA) is 78.8 Å². The number of hydrogen-bond acceptors (Lipinski definition) is 4. The molecule has 1 fully saturated rings. The highest BCUT2D eigenvalue weighted by molar-refractivity contribution is 5.71. The van der Waals surface area contributed by atoms with Gasteiger partial charge in [-0.3, -0.25) is 4.79 Å². The minimum absolute atomic E-state index is 0.101. The number of aliphatic carboxylic acids is 1. The van der Waals surface area contributed by atoms with Gasteiger partial charge in [-0.15, -0.1) is 0 Å². The van der Waals surface area contributed by atoms with Gasteiger partial charge in [-0.05, 0) is 25.8 Å². The number of rotatable bonds is 3. The Labute approximate surface area is 116 Å².